The summed E-state index contributed by atoms with van der Waals surface area (Å²) >= 11 is 0. The molecular formula is C14H16N6O2. The van der Waals surface area contributed by atoms with Gasteiger partial charge in [0.2, 0.25) is 0 Å². The number of anilines is 1. The molecule has 2 amide bonds. The molecule has 0 unspecified atom stereocenters. The fourth-order valence-corrected chi connectivity index (χ4v) is 2.43. The Kier molecular flexibility index (Phi) is 3.73. The molecule has 2 aromatic rings. The first-order valence-corrected chi connectivity index (χ1v) is 6.94. The molecule has 3 N–H and O–H groups in total. The van der Waals surface area contributed by atoms with Crippen LogP contribution >= 0.6 is 0 Å². The highest BCUT2D eigenvalue weighted by Crippen LogP contribution is 2.13. The summed E-state index contributed by atoms with van der Waals surface area (Å²) in [5.74, 6) is 0.100. The van der Waals surface area contributed by atoms with Gasteiger partial charge in [-0.3, -0.25) is 14.6 Å². The van der Waals surface area contributed by atoms with Crippen LogP contribution in [-0.4, -0.2) is 57.8 Å². The fourth-order valence-electron chi connectivity index (χ4n) is 2.43. The van der Waals surface area contributed by atoms with Gasteiger partial charge in [0, 0.05) is 38.6 Å². The molecule has 114 valence electrons. The second-order valence-electron chi connectivity index (χ2n) is 4.99. The van der Waals surface area contributed by atoms with Crippen molar-refractivity contribution in [3.05, 3.63) is 42.1 Å². The molecule has 22 heavy (non-hydrogen) atoms. The van der Waals surface area contributed by atoms with Crippen LogP contribution in [-0.2, 0) is 0 Å². The normalized spacial score (nSPS) is 14.9. The van der Waals surface area contributed by atoms with Crippen molar-refractivity contribution < 1.29 is 9.59 Å². The second-order valence-corrected chi connectivity index (χ2v) is 4.99. The number of amides is 2. The van der Waals surface area contributed by atoms with Crippen LogP contribution in [0, 0.1) is 0 Å². The van der Waals surface area contributed by atoms with Gasteiger partial charge in [-0.05, 0) is 12.1 Å². The van der Waals surface area contributed by atoms with Crippen molar-refractivity contribution in [3.63, 3.8) is 0 Å². The van der Waals surface area contributed by atoms with Gasteiger partial charge in [-0.1, -0.05) is 0 Å². The summed E-state index contributed by atoms with van der Waals surface area (Å²) < 4.78 is 0. The Hall–Kier alpha value is -2.90. The number of H-pyrrole nitrogens is 1. The number of primary amides is 1. The van der Waals surface area contributed by atoms with Gasteiger partial charge in [-0.2, -0.15) is 0 Å². The van der Waals surface area contributed by atoms with Gasteiger partial charge in [-0.25, -0.2) is 4.98 Å². The molecule has 3 rings (SSSR count). The summed E-state index contributed by atoms with van der Waals surface area (Å²) in [5, 5.41) is 0. The van der Waals surface area contributed by atoms with Gasteiger partial charge >= 0.3 is 0 Å². The van der Waals surface area contributed by atoms with E-state index >= 15 is 0 Å². The molecule has 2 aromatic heterocycles. The molecule has 0 aliphatic carbocycles. The van der Waals surface area contributed by atoms with Crippen molar-refractivity contribution in [3.8, 4) is 0 Å². The number of hydrogen-bond donors (Lipinski definition) is 2. The van der Waals surface area contributed by atoms with Crippen molar-refractivity contribution >= 4 is 17.6 Å². The standard InChI is InChI=1S/C14H16N6O2/c15-13(21)10-1-2-11(18-10)14(22)20-7-5-19(6-8-20)12-9-16-3-4-17-12/h1-4,9,18H,5-8H2,(H2,15,21). The molecule has 1 fully saturated rings. The van der Waals surface area contributed by atoms with Gasteiger partial charge in [0.05, 0.1) is 6.20 Å². The number of nitrogens with two attached hydrogens (primary N) is 1. The molecule has 0 radical (unpaired) electrons. The largest absolute Gasteiger partial charge is 0.364 e. The molecule has 8 heteroatoms. The third-order valence-electron chi connectivity index (χ3n) is 3.62. The van der Waals surface area contributed by atoms with Crippen molar-refractivity contribution in [1.29, 1.82) is 0 Å². The predicted molar refractivity (Wildman–Crippen MR) is 79.5 cm³/mol. The average Bonchev–Trinajstić information content (AvgIpc) is 3.05. The minimum Gasteiger partial charge on any atom is -0.364 e. The van der Waals surface area contributed by atoms with Gasteiger partial charge in [0.15, 0.2) is 0 Å². The van der Waals surface area contributed by atoms with E-state index in [0.29, 0.717) is 31.9 Å². The van der Waals surface area contributed by atoms with Crippen molar-refractivity contribution in [1.82, 2.24) is 19.9 Å². The smallest absolute Gasteiger partial charge is 0.270 e. The molecule has 0 saturated carbocycles. The molecular weight excluding hydrogens is 284 g/mol. The van der Waals surface area contributed by atoms with Crippen LogP contribution in [0.3, 0.4) is 0 Å². The van der Waals surface area contributed by atoms with Crippen LogP contribution in [0.15, 0.2) is 30.7 Å². The lowest BCUT2D eigenvalue weighted by Gasteiger charge is -2.35. The number of nitrogens with zero attached hydrogens (tertiary/aromatic N) is 4. The summed E-state index contributed by atoms with van der Waals surface area (Å²) in [7, 11) is 0. The molecule has 3 heterocycles. The first-order chi connectivity index (χ1) is 10.6. The maximum Gasteiger partial charge on any atom is 0.270 e. The summed E-state index contributed by atoms with van der Waals surface area (Å²) in [6.45, 7) is 2.54. The maximum atomic E-state index is 12.4. The lowest BCUT2D eigenvalue weighted by molar-refractivity contribution is 0.0741. The van der Waals surface area contributed by atoms with E-state index < -0.39 is 5.91 Å². The number of aromatic nitrogens is 3. The van der Waals surface area contributed by atoms with E-state index in [1.54, 1.807) is 29.6 Å². The zero-order chi connectivity index (χ0) is 15.5. The average molecular weight is 300 g/mol. The Bertz CT molecular complexity index is 676. The molecule has 0 aromatic carbocycles. The highest BCUT2D eigenvalue weighted by molar-refractivity contribution is 5.96. The third kappa shape index (κ3) is 2.76. The van der Waals surface area contributed by atoms with Crippen molar-refractivity contribution in [2.24, 2.45) is 5.73 Å². The van der Waals surface area contributed by atoms with E-state index in [9.17, 15) is 9.59 Å². The molecule has 1 aliphatic rings. The lowest BCUT2D eigenvalue weighted by atomic mass is 10.3. The van der Waals surface area contributed by atoms with Crippen LogP contribution < -0.4 is 10.6 Å². The van der Waals surface area contributed by atoms with E-state index in [2.05, 4.69) is 19.9 Å². The van der Waals surface area contributed by atoms with E-state index in [1.807, 2.05) is 0 Å². The van der Waals surface area contributed by atoms with E-state index in [0.717, 1.165) is 5.82 Å². The molecule has 0 atom stereocenters. The number of nitrogens with one attached hydrogen (secondary N) is 1. The Morgan fingerprint density at radius 1 is 1.09 bits per heavy atom. The Morgan fingerprint density at radius 2 is 1.82 bits per heavy atom. The van der Waals surface area contributed by atoms with E-state index in [1.165, 1.54) is 6.07 Å². The number of piperazine rings is 1. The highest BCUT2D eigenvalue weighted by atomic mass is 16.2. The summed E-state index contributed by atoms with van der Waals surface area (Å²) in [5.41, 5.74) is 5.79. The number of carbonyl (C=O) groups excluding carboxylic acids is 2. The summed E-state index contributed by atoms with van der Waals surface area (Å²) in [6.07, 6.45) is 4.99. The molecule has 1 aliphatic heterocycles. The molecule has 0 spiro atoms. The van der Waals surface area contributed by atoms with E-state index in [4.69, 9.17) is 5.73 Å². The van der Waals surface area contributed by atoms with Crippen LogP contribution in [0.25, 0.3) is 0 Å². The number of carbonyl (C=O) groups is 2. The van der Waals surface area contributed by atoms with E-state index in [-0.39, 0.29) is 11.6 Å². The zero-order valence-corrected chi connectivity index (χ0v) is 11.9. The zero-order valence-electron chi connectivity index (χ0n) is 11.9. The fraction of sp³-hybridized carbons (Fsp3) is 0.286. The molecule has 8 nitrogen and oxygen atoms in total. The van der Waals surface area contributed by atoms with Crippen LogP contribution in [0.1, 0.15) is 21.0 Å². The quantitative estimate of drug-likeness (QED) is 0.820. The SMILES string of the molecule is NC(=O)c1ccc(C(=O)N2CCN(c3cnccn3)CC2)[nH]1. The lowest BCUT2D eigenvalue weighted by Crippen LogP contribution is -2.49. The summed E-state index contributed by atoms with van der Waals surface area (Å²) in [6, 6.07) is 3.10. The minimum atomic E-state index is -0.577. The third-order valence-corrected chi connectivity index (χ3v) is 3.62. The van der Waals surface area contributed by atoms with Gasteiger partial charge in [0.1, 0.15) is 17.2 Å². The maximum absolute atomic E-state index is 12.4. The predicted octanol–water partition coefficient (Wildman–Crippen LogP) is -0.134. The van der Waals surface area contributed by atoms with Crippen LogP contribution in [0.2, 0.25) is 0 Å². The van der Waals surface area contributed by atoms with Crippen molar-refractivity contribution in [2.45, 2.75) is 0 Å². The molecule has 1 saturated heterocycles. The topological polar surface area (TPSA) is 108 Å². The number of aromatic amines is 1. The van der Waals surface area contributed by atoms with Gasteiger partial charge in [-0.15, -0.1) is 0 Å². The van der Waals surface area contributed by atoms with Gasteiger partial charge < -0.3 is 20.5 Å². The first-order valence-electron chi connectivity index (χ1n) is 6.94. The monoisotopic (exact) mass is 300 g/mol. The highest BCUT2D eigenvalue weighted by Gasteiger charge is 2.24. The van der Waals surface area contributed by atoms with Gasteiger partial charge in [0.25, 0.3) is 11.8 Å². The Balaban J connectivity index is 1.63. The summed E-state index contributed by atoms with van der Waals surface area (Å²) in [4.78, 5) is 38.3. The first kappa shape index (κ1) is 14.1. The Labute approximate surface area is 127 Å². The molecule has 0 bridgehead atoms. The Morgan fingerprint density at radius 3 is 2.41 bits per heavy atom. The number of rotatable bonds is 3. The van der Waals surface area contributed by atoms with Crippen LogP contribution in [0.4, 0.5) is 5.82 Å². The van der Waals surface area contributed by atoms with Crippen LogP contribution in [0.5, 0.6) is 0 Å². The number of hydrogen-bond acceptors (Lipinski definition) is 5. The minimum absolute atomic E-state index is 0.133. The van der Waals surface area contributed by atoms with Crippen molar-refractivity contribution in [2.75, 3.05) is 31.1 Å². The second kappa shape index (κ2) is 5.84.